The molecule has 1 heterocycles. The average molecular weight is 321 g/mol. The highest BCUT2D eigenvalue weighted by molar-refractivity contribution is 9.10. The van der Waals surface area contributed by atoms with Gasteiger partial charge in [-0.3, -0.25) is 0 Å². The minimum atomic E-state index is -0.203. The second-order valence-electron chi connectivity index (χ2n) is 4.82. The number of hydrogen-bond acceptors (Lipinski definition) is 2. The molecule has 0 saturated carbocycles. The number of anilines is 1. The van der Waals surface area contributed by atoms with Crippen LogP contribution in [-0.2, 0) is 6.54 Å². The average Bonchev–Trinajstić information content (AvgIpc) is 2.69. The third-order valence-electron chi connectivity index (χ3n) is 3.43. The molecule has 0 unspecified atom stereocenters. The molecule has 19 heavy (non-hydrogen) atoms. The van der Waals surface area contributed by atoms with E-state index in [-0.39, 0.29) is 11.9 Å². The van der Waals surface area contributed by atoms with E-state index in [4.69, 9.17) is 5.73 Å². The predicted octanol–water partition coefficient (Wildman–Crippen LogP) is 3.61. The van der Waals surface area contributed by atoms with Crippen molar-refractivity contribution in [2.24, 2.45) is 5.73 Å². The Morgan fingerprint density at radius 3 is 2.68 bits per heavy atom. The van der Waals surface area contributed by atoms with Crippen LogP contribution >= 0.6 is 15.9 Å². The van der Waals surface area contributed by atoms with Crippen molar-refractivity contribution < 1.29 is 4.39 Å². The summed E-state index contributed by atoms with van der Waals surface area (Å²) in [5.74, 6) is -0.203. The second kappa shape index (κ2) is 4.94. The normalized spacial score (nSPS) is 17.6. The molecule has 0 radical (unpaired) electrons. The van der Waals surface area contributed by atoms with Crippen LogP contribution in [0.4, 0.5) is 10.1 Å². The Hall–Kier alpha value is -1.39. The Morgan fingerprint density at radius 2 is 1.95 bits per heavy atom. The number of hydrogen-bond donors (Lipinski definition) is 1. The first-order chi connectivity index (χ1) is 9.13. The van der Waals surface area contributed by atoms with Gasteiger partial charge in [-0.15, -0.1) is 0 Å². The highest BCUT2D eigenvalue weighted by Crippen LogP contribution is 2.36. The Labute approximate surface area is 120 Å². The lowest BCUT2D eigenvalue weighted by Crippen LogP contribution is -2.23. The summed E-state index contributed by atoms with van der Waals surface area (Å²) in [6.45, 7) is 1.55. The molecule has 0 bridgehead atoms. The van der Waals surface area contributed by atoms with Gasteiger partial charge in [-0.25, -0.2) is 4.39 Å². The largest absolute Gasteiger partial charge is 0.365 e. The lowest BCUT2D eigenvalue weighted by atomic mass is 10.1. The van der Waals surface area contributed by atoms with Gasteiger partial charge in [0.1, 0.15) is 5.82 Å². The topological polar surface area (TPSA) is 29.3 Å². The lowest BCUT2D eigenvalue weighted by molar-refractivity contribution is 0.626. The van der Waals surface area contributed by atoms with Crippen LogP contribution < -0.4 is 10.6 Å². The lowest BCUT2D eigenvalue weighted by Gasteiger charge is -2.19. The molecule has 1 atom stereocenters. The van der Waals surface area contributed by atoms with E-state index in [0.717, 1.165) is 28.7 Å². The maximum absolute atomic E-state index is 12.9. The van der Waals surface area contributed by atoms with Crippen LogP contribution in [0.1, 0.15) is 17.2 Å². The first kappa shape index (κ1) is 12.6. The van der Waals surface area contributed by atoms with E-state index in [1.165, 1.54) is 17.8 Å². The monoisotopic (exact) mass is 320 g/mol. The molecule has 2 N–H and O–H groups in total. The van der Waals surface area contributed by atoms with Gasteiger partial charge in [0.25, 0.3) is 0 Å². The Kier molecular flexibility index (Phi) is 3.29. The van der Waals surface area contributed by atoms with E-state index in [2.05, 4.69) is 33.0 Å². The van der Waals surface area contributed by atoms with Crippen LogP contribution in [0.25, 0.3) is 0 Å². The van der Waals surface area contributed by atoms with Crippen molar-refractivity contribution in [3.63, 3.8) is 0 Å². The van der Waals surface area contributed by atoms with Crippen molar-refractivity contribution in [2.45, 2.75) is 12.6 Å². The first-order valence-corrected chi connectivity index (χ1v) is 6.97. The van der Waals surface area contributed by atoms with Crippen LogP contribution in [0.15, 0.2) is 46.9 Å². The summed E-state index contributed by atoms with van der Waals surface area (Å²) < 4.78 is 14.0. The Bertz CT molecular complexity index is 598. The third-order valence-corrected chi connectivity index (χ3v) is 3.93. The van der Waals surface area contributed by atoms with Crippen molar-refractivity contribution in [1.82, 2.24) is 0 Å². The number of benzene rings is 2. The van der Waals surface area contributed by atoms with Gasteiger partial charge in [-0.2, -0.15) is 0 Å². The minimum absolute atomic E-state index is 0.0351. The molecule has 0 saturated heterocycles. The maximum atomic E-state index is 12.9. The number of halogens is 2. The Balaban J connectivity index is 1.86. The number of nitrogens with two attached hydrogens (primary N) is 1. The predicted molar refractivity (Wildman–Crippen MR) is 78.5 cm³/mol. The van der Waals surface area contributed by atoms with Gasteiger partial charge in [-0.1, -0.05) is 28.1 Å². The summed E-state index contributed by atoms with van der Waals surface area (Å²) in [5.41, 5.74) is 9.58. The highest BCUT2D eigenvalue weighted by Gasteiger charge is 2.25. The molecule has 1 aliphatic heterocycles. The smallest absolute Gasteiger partial charge is 0.123 e. The number of rotatable bonds is 2. The van der Waals surface area contributed by atoms with Crippen LogP contribution in [0, 0.1) is 5.82 Å². The highest BCUT2D eigenvalue weighted by atomic mass is 79.9. The number of fused-ring (bicyclic) bond motifs is 1. The summed E-state index contributed by atoms with van der Waals surface area (Å²) in [5, 5.41) is 0. The summed E-state index contributed by atoms with van der Waals surface area (Å²) in [7, 11) is 0. The molecule has 2 aromatic carbocycles. The summed E-state index contributed by atoms with van der Waals surface area (Å²) in [6.07, 6.45) is 0. The van der Waals surface area contributed by atoms with Gasteiger partial charge in [0, 0.05) is 29.3 Å². The molecule has 98 valence electrons. The van der Waals surface area contributed by atoms with Crippen LogP contribution in [0.2, 0.25) is 0 Å². The standard InChI is InChI=1S/C15H14BrFN2/c16-11-3-6-15-13(7-11)14(18)9-19(15)8-10-1-4-12(17)5-2-10/h1-7,14H,8-9,18H2/t14-/m0/s1. The maximum Gasteiger partial charge on any atom is 0.123 e. The molecule has 1 aliphatic rings. The van der Waals surface area contributed by atoms with E-state index < -0.39 is 0 Å². The van der Waals surface area contributed by atoms with Crippen molar-refractivity contribution in [3.05, 3.63) is 63.9 Å². The van der Waals surface area contributed by atoms with E-state index in [1.54, 1.807) is 0 Å². The second-order valence-corrected chi connectivity index (χ2v) is 5.73. The molecular formula is C15H14BrFN2. The zero-order valence-electron chi connectivity index (χ0n) is 10.3. The van der Waals surface area contributed by atoms with E-state index >= 15 is 0 Å². The number of nitrogens with zero attached hydrogens (tertiary/aromatic N) is 1. The van der Waals surface area contributed by atoms with Crippen molar-refractivity contribution in [1.29, 1.82) is 0 Å². The molecule has 2 nitrogen and oxygen atoms in total. The fourth-order valence-electron chi connectivity index (χ4n) is 2.50. The minimum Gasteiger partial charge on any atom is -0.365 e. The van der Waals surface area contributed by atoms with Crippen LogP contribution in [0.3, 0.4) is 0 Å². The fraction of sp³-hybridized carbons (Fsp3) is 0.200. The first-order valence-electron chi connectivity index (χ1n) is 6.18. The molecule has 0 spiro atoms. The van der Waals surface area contributed by atoms with Crippen molar-refractivity contribution in [3.8, 4) is 0 Å². The summed E-state index contributed by atoms with van der Waals surface area (Å²) >= 11 is 3.47. The van der Waals surface area contributed by atoms with Gasteiger partial charge in [0.15, 0.2) is 0 Å². The molecular weight excluding hydrogens is 307 g/mol. The van der Waals surface area contributed by atoms with Crippen molar-refractivity contribution in [2.75, 3.05) is 11.4 Å². The molecule has 2 aromatic rings. The molecule has 3 rings (SSSR count). The van der Waals surface area contributed by atoms with Gasteiger partial charge in [0.2, 0.25) is 0 Å². The molecule has 0 aromatic heterocycles. The van der Waals surface area contributed by atoms with E-state index in [0.29, 0.717) is 0 Å². The Morgan fingerprint density at radius 1 is 1.21 bits per heavy atom. The zero-order valence-corrected chi connectivity index (χ0v) is 11.9. The summed E-state index contributed by atoms with van der Waals surface area (Å²) in [6, 6.07) is 12.8. The molecule has 0 fully saturated rings. The SMILES string of the molecule is N[C@H]1CN(Cc2ccc(F)cc2)c2ccc(Br)cc21. The molecule has 4 heteroatoms. The summed E-state index contributed by atoms with van der Waals surface area (Å²) in [4.78, 5) is 2.24. The molecule has 0 amide bonds. The molecule has 0 aliphatic carbocycles. The van der Waals surface area contributed by atoms with Gasteiger partial charge in [-0.05, 0) is 41.5 Å². The van der Waals surface area contributed by atoms with E-state index in [1.807, 2.05) is 18.2 Å². The van der Waals surface area contributed by atoms with Crippen LogP contribution in [0.5, 0.6) is 0 Å². The quantitative estimate of drug-likeness (QED) is 0.916. The fourth-order valence-corrected chi connectivity index (χ4v) is 2.88. The zero-order chi connectivity index (χ0) is 13.4. The van der Waals surface area contributed by atoms with Gasteiger partial charge >= 0.3 is 0 Å². The van der Waals surface area contributed by atoms with Crippen molar-refractivity contribution >= 4 is 21.6 Å². The van der Waals surface area contributed by atoms with Crippen LogP contribution in [-0.4, -0.2) is 6.54 Å². The van der Waals surface area contributed by atoms with Gasteiger partial charge < -0.3 is 10.6 Å². The van der Waals surface area contributed by atoms with E-state index in [9.17, 15) is 4.39 Å². The van der Waals surface area contributed by atoms with Gasteiger partial charge in [0.05, 0.1) is 0 Å². The third kappa shape index (κ3) is 2.51.